The molecule has 0 radical (unpaired) electrons. The van der Waals surface area contributed by atoms with Gasteiger partial charge in [-0.25, -0.2) is 0 Å². The number of hydrogen-bond acceptors (Lipinski definition) is 5. The molecular formula is C13H27NO4. The van der Waals surface area contributed by atoms with Crippen LogP contribution in [0.5, 0.6) is 0 Å². The maximum Gasteiger partial charge on any atom is 0.0897 e. The molecule has 1 fully saturated rings. The molecule has 1 aliphatic rings. The Hall–Kier alpha value is -0.200. The van der Waals surface area contributed by atoms with Gasteiger partial charge in [0.05, 0.1) is 38.6 Å². The Morgan fingerprint density at radius 1 is 1.28 bits per heavy atom. The average molecular weight is 261 g/mol. The van der Waals surface area contributed by atoms with Gasteiger partial charge in [0.2, 0.25) is 0 Å². The summed E-state index contributed by atoms with van der Waals surface area (Å²) >= 11 is 0. The van der Waals surface area contributed by atoms with Gasteiger partial charge in [-0.1, -0.05) is 0 Å². The smallest absolute Gasteiger partial charge is 0.0897 e. The Kier molecular flexibility index (Phi) is 7.11. The quantitative estimate of drug-likeness (QED) is 0.493. The second-order valence-corrected chi connectivity index (χ2v) is 5.32. The zero-order chi connectivity index (χ0) is 13.4. The first-order valence-corrected chi connectivity index (χ1v) is 6.81. The molecule has 0 amide bonds. The van der Waals surface area contributed by atoms with Crippen LogP contribution in [-0.4, -0.2) is 60.9 Å². The lowest BCUT2D eigenvalue weighted by Crippen LogP contribution is -2.56. The third-order valence-electron chi connectivity index (χ3n) is 3.32. The summed E-state index contributed by atoms with van der Waals surface area (Å²) in [7, 11) is 0. The minimum atomic E-state index is -0.534. The monoisotopic (exact) mass is 261 g/mol. The lowest BCUT2D eigenvalue weighted by molar-refractivity contribution is -0.0153. The Morgan fingerprint density at radius 3 is 2.50 bits per heavy atom. The summed E-state index contributed by atoms with van der Waals surface area (Å²) in [5.74, 6) is 0. The van der Waals surface area contributed by atoms with Crippen LogP contribution in [0.3, 0.4) is 0 Å². The van der Waals surface area contributed by atoms with E-state index in [1.165, 1.54) is 0 Å². The molecule has 108 valence electrons. The van der Waals surface area contributed by atoms with Gasteiger partial charge in [0.25, 0.3) is 0 Å². The number of β-amino-alcohol motifs (C(OH)–C–C–N with tert-alkyl or cyclic N) is 1. The van der Waals surface area contributed by atoms with E-state index in [1.54, 1.807) is 0 Å². The van der Waals surface area contributed by atoms with E-state index in [-0.39, 0.29) is 18.2 Å². The van der Waals surface area contributed by atoms with E-state index in [4.69, 9.17) is 9.47 Å². The van der Waals surface area contributed by atoms with E-state index in [0.29, 0.717) is 26.4 Å². The van der Waals surface area contributed by atoms with E-state index in [9.17, 15) is 10.2 Å². The zero-order valence-electron chi connectivity index (χ0n) is 11.5. The highest BCUT2D eigenvalue weighted by molar-refractivity contribution is 4.95. The molecule has 1 saturated carbocycles. The third kappa shape index (κ3) is 5.63. The van der Waals surface area contributed by atoms with Crippen LogP contribution in [0.2, 0.25) is 0 Å². The van der Waals surface area contributed by atoms with Crippen molar-refractivity contribution in [2.75, 3.05) is 33.0 Å². The van der Waals surface area contributed by atoms with Crippen molar-refractivity contribution in [3.63, 3.8) is 0 Å². The van der Waals surface area contributed by atoms with Crippen LogP contribution in [0, 0.1) is 0 Å². The fraction of sp³-hybridized carbons (Fsp3) is 1.00. The van der Waals surface area contributed by atoms with Crippen molar-refractivity contribution in [1.82, 2.24) is 5.32 Å². The maximum atomic E-state index is 9.73. The average Bonchev–Trinajstić information content (AvgIpc) is 2.27. The SMILES string of the molecule is CC(C)OCCOCC(O)CNC1(CO)CCC1. The predicted molar refractivity (Wildman–Crippen MR) is 69.6 cm³/mol. The molecule has 5 heteroatoms. The molecule has 0 aromatic heterocycles. The second-order valence-electron chi connectivity index (χ2n) is 5.32. The van der Waals surface area contributed by atoms with Crippen molar-refractivity contribution in [3.05, 3.63) is 0 Å². The van der Waals surface area contributed by atoms with Crippen molar-refractivity contribution in [1.29, 1.82) is 0 Å². The number of hydrogen-bond donors (Lipinski definition) is 3. The van der Waals surface area contributed by atoms with Crippen molar-refractivity contribution in [2.24, 2.45) is 0 Å². The molecule has 18 heavy (non-hydrogen) atoms. The topological polar surface area (TPSA) is 71.0 Å². The van der Waals surface area contributed by atoms with Crippen molar-refractivity contribution in [3.8, 4) is 0 Å². The van der Waals surface area contributed by atoms with Gasteiger partial charge in [0.15, 0.2) is 0 Å². The molecule has 0 aliphatic heterocycles. The Balaban J connectivity index is 1.98. The maximum absolute atomic E-state index is 9.73. The third-order valence-corrected chi connectivity index (χ3v) is 3.32. The highest BCUT2D eigenvalue weighted by atomic mass is 16.5. The van der Waals surface area contributed by atoms with Crippen molar-refractivity contribution < 1.29 is 19.7 Å². The van der Waals surface area contributed by atoms with Gasteiger partial charge < -0.3 is 25.0 Å². The van der Waals surface area contributed by atoms with E-state index in [2.05, 4.69) is 5.32 Å². The van der Waals surface area contributed by atoms with Gasteiger partial charge >= 0.3 is 0 Å². The van der Waals surface area contributed by atoms with Crippen LogP contribution in [0.25, 0.3) is 0 Å². The first-order valence-electron chi connectivity index (χ1n) is 6.81. The molecule has 5 nitrogen and oxygen atoms in total. The number of aliphatic hydroxyl groups excluding tert-OH is 2. The molecule has 1 atom stereocenters. The number of aliphatic hydroxyl groups is 2. The molecule has 3 N–H and O–H groups in total. The predicted octanol–water partition coefficient (Wildman–Crippen LogP) is 0.294. The van der Waals surface area contributed by atoms with Crippen LogP contribution >= 0.6 is 0 Å². The van der Waals surface area contributed by atoms with Crippen LogP contribution in [0.4, 0.5) is 0 Å². The highest BCUT2D eigenvalue weighted by Crippen LogP contribution is 2.30. The van der Waals surface area contributed by atoms with Gasteiger partial charge in [0, 0.05) is 12.1 Å². The lowest BCUT2D eigenvalue weighted by atomic mass is 9.77. The minimum absolute atomic E-state index is 0.142. The Labute approximate surface area is 109 Å². The molecular weight excluding hydrogens is 234 g/mol. The number of nitrogens with one attached hydrogen (secondary N) is 1. The van der Waals surface area contributed by atoms with Gasteiger partial charge in [-0.05, 0) is 33.1 Å². The highest BCUT2D eigenvalue weighted by Gasteiger charge is 2.35. The van der Waals surface area contributed by atoms with Crippen molar-refractivity contribution in [2.45, 2.75) is 50.9 Å². The molecule has 1 aliphatic carbocycles. The molecule has 0 heterocycles. The summed E-state index contributed by atoms with van der Waals surface area (Å²) in [6, 6.07) is 0. The lowest BCUT2D eigenvalue weighted by Gasteiger charge is -2.41. The second kappa shape index (κ2) is 8.07. The molecule has 0 saturated heterocycles. The number of rotatable bonds is 10. The van der Waals surface area contributed by atoms with E-state index >= 15 is 0 Å². The van der Waals surface area contributed by atoms with Crippen molar-refractivity contribution >= 4 is 0 Å². The largest absolute Gasteiger partial charge is 0.394 e. The summed E-state index contributed by atoms with van der Waals surface area (Å²) < 4.78 is 10.6. The summed E-state index contributed by atoms with van der Waals surface area (Å²) in [5, 5.41) is 22.2. The molecule has 1 unspecified atom stereocenters. The molecule has 0 spiro atoms. The van der Waals surface area contributed by atoms with Crippen LogP contribution < -0.4 is 5.32 Å². The fourth-order valence-electron chi connectivity index (χ4n) is 1.95. The van der Waals surface area contributed by atoms with Crippen LogP contribution in [-0.2, 0) is 9.47 Å². The standard InChI is InChI=1S/C13H27NO4/c1-11(2)18-7-6-17-9-12(16)8-14-13(10-15)4-3-5-13/h11-12,14-16H,3-10H2,1-2H3. The summed E-state index contributed by atoms with van der Waals surface area (Å²) in [6.07, 6.45) is 2.79. The molecule has 1 rings (SSSR count). The first kappa shape index (κ1) is 15.9. The minimum Gasteiger partial charge on any atom is -0.394 e. The summed E-state index contributed by atoms with van der Waals surface area (Å²) in [4.78, 5) is 0. The number of ether oxygens (including phenoxy) is 2. The van der Waals surface area contributed by atoms with Crippen LogP contribution in [0.15, 0.2) is 0 Å². The molecule has 0 aromatic carbocycles. The zero-order valence-corrected chi connectivity index (χ0v) is 11.5. The molecule has 0 bridgehead atoms. The first-order chi connectivity index (χ1) is 8.58. The molecule has 0 aromatic rings. The normalized spacial score (nSPS) is 19.8. The van der Waals surface area contributed by atoms with E-state index in [1.807, 2.05) is 13.8 Å². The van der Waals surface area contributed by atoms with Gasteiger partial charge in [0.1, 0.15) is 0 Å². The Bertz CT molecular complexity index is 214. The van der Waals surface area contributed by atoms with Gasteiger partial charge in [-0.2, -0.15) is 0 Å². The fourth-order valence-corrected chi connectivity index (χ4v) is 1.95. The van der Waals surface area contributed by atoms with E-state index < -0.39 is 6.10 Å². The summed E-state index contributed by atoms with van der Waals surface area (Å²) in [5.41, 5.74) is -0.151. The van der Waals surface area contributed by atoms with Gasteiger partial charge in [-0.15, -0.1) is 0 Å². The van der Waals surface area contributed by atoms with Gasteiger partial charge in [-0.3, -0.25) is 0 Å². The van der Waals surface area contributed by atoms with E-state index in [0.717, 1.165) is 19.3 Å². The van der Waals surface area contributed by atoms with Crippen LogP contribution in [0.1, 0.15) is 33.1 Å². The summed E-state index contributed by atoms with van der Waals surface area (Å²) in [6.45, 7) is 5.92. The Morgan fingerprint density at radius 2 is 2.00 bits per heavy atom.